The summed E-state index contributed by atoms with van der Waals surface area (Å²) in [6.07, 6.45) is 1.23. The van der Waals surface area contributed by atoms with Crippen molar-refractivity contribution in [2.75, 3.05) is 6.54 Å². The maximum absolute atomic E-state index is 11.9. The van der Waals surface area contributed by atoms with Crippen molar-refractivity contribution in [3.8, 4) is 6.07 Å². The highest BCUT2D eigenvalue weighted by Crippen LogP contribution is 2.11. The summed E-state index contributed by atoms with van der Waals surface area (Å²) < 4.78 is 4.99. The van der Waals surface area contributed by atoms with Crippen molar-refractivity contribution in [2.24, 2.45) is 0 Å². The summed E-state index contributed by atoms with van der Waals surface area (Å²) in [5, 5.41) is 8.61. The lowest BCUT2D eigenvalue weighted by Gasteiger charge is -2.22. The number of rotatable bonds is 3. The minimum atomic E-state index is -0.290. The average Bonchev–Trinajstić information content (AvgIpc) is 2.59. The van der Waals surface area contributed by atoms with Crippen molar-refractivity contribution >= 4 is 5.91 Å². The summed E-state index contributed by atoms with van der Waals surface area (Å²) in [7, 11) is 0. The van der Waals surface area contributed by atoms with E-state index in [-0.39, 0.29) is 24.3 Å². The zero-order valence-corrected chi connectivity index (χ0v) is 9.02. The summed E-state index contributed by atoms with van der Waals surface area (Å²) in [6, 6.07) is 1.91. The molecular formula is C10H13N3O2. The van der Waals surface area contributed by atoms with E-state index in [2.05, 4.69) is 4.98 Å². The van der Waals surface area contributed by atoms with Gasteiger partial charge in [0.25, 0.3) is 5.91 Å². The average molecular weight is 207 g/mol. The van der Waals surface area contributed by atoms with Crippen LogP contribution in [-0.4, -0.2) is 28.4 Å². The molecule has 0 fully saturated rings. The fraction of sp³-hybridized carbons (Fsp3) is 0.500. The molecule has 5 heteroatoms. The molecule has 0 unspecified atom stereocenters. The first kappa shape index (κ1) is 11.2. The van der Waals surface area contributed by atoms with Crippen molar-refractivity contribution in [1.29, 1.82) is 5.26 Å². The number of amides is 1. The Morgan fingerprint density at radius 3 is 2.80 bits per heavy atom. The van der Waals surface area contributed by atoms with E-state index >= 15 is 0 Å². The Morgan fingerprint density at radius 1 is 1.73 bits per heavy atom. The lowest BCUT2D eigenvalue weighted by atomic mass is 10.2. The molecule has 0 aliphatic carbocycles. The molecule has 80 valence electrons. The smallest absolute Gasteiger partial charge is 0.292 e. The molecule has 0 saturated carbocycles. The number of nitriles is 1. The summed E-state index contributed by atoms with van der Waals surface area (Å²) in [6.45, 7) is 5.44. The molecule has 0 N–H and O–H groups in total. The monoisotopic (exact) mass is 207 g/mol. The van der Waals surface area contributed by atoms with Gasteiger partial charge in [0.15, 0.2) is 6.39 Å². The van der Waals surface area contributed by atoms with Gasteiger partial charge >= 0.3 is 0 Å². The number of aryl methyl sites for hydroxylation is 1. The summed E-state index contributed by atoms with van der Waals surface area (Å²) in [5.74, 6) is -0.0829. The molecule has 0 radical (unpaired) electrons. The van der Waals surface area contributed by atoms with Crippen LogP contribution in [0.1, 0.15) is 30.1 Å². The van der Waals surface area contributed by atoms with E-state index in [1.54, 1.807) is 6.92 Å². The maximum Gasteiger partial charge on any atom is 0.292 e. The second-order valence-corrected chi connectivity index (χ2v) is 3.45. The predicted octanol–water partition coefficient (Wildman–Crippen LogP) is 1.36. The molecule has 0 spiro atoms. The number of nitrogens with zero attached hydrogens (tertiary/aromatic N) is 3. The molecule has 1 aromatic heterocycles. The highest BCUT2D eigenvalue weighted by molar-refractivity contribution is 5.92. The van der Waals surface area contributed by atoms with Crippen LogP contribution in [0.3, 0.4) is 0 Å². The third-order valence-electron chi connectivity index (χ3n) is 2.07. The van der Waals surface area contributed by atoms with E-state index < -0.39 is 0 Å². The van der Waals surface area contributed by atoms with Gasteiger partial charge in [0, 0.05) is 6.04 Å². The Bertz CT molecular complexity index is 390. The summed E-state index contributed by atoms with van der Waals surface area (Å²) in [5.41, 5.74) is 0.545. The van der Waals surface area contributed by atoms with Crippen LogP contribution in [0.4, 0.5) is 0 Å². The lowest BCUT2D eigenvalue weighted by molar-refractivity contribution is 0.0698. The Morgan fingerprint density at radius 2 is 2.40 bits per heavy atom. The molecule has 0 saturated heterocycles. The van der Waals surface area contributed by atoms with E-state index in [1.165, 1.54) is 11.3 Å². The van der Waals surface area contributed by atoms with E-state index in [9.17, 15) is 4.79 Å². The first-order valence-corrected chi connectivity index (χ1v) is 4.66. The van der Waals surface area contributed by atoms with Crippen molar-refractivity contribution in [3.63, 3.8) is 0 Å². The van der Waals surface area contributed by atoms with Crippen LogP contribution in [0.2, 0.25) is 0 Å². The number of hydrogen-bond donors (Lipinski definition) is 0. The number of carbonyl (C=O) groups excluding carboxylic acids is 1. The Hall–Kier alpha value is -1.83. The van der Waals surface area contributed by atoms with Crippen LogP contribution < -0.4 is 0 Å². The van der Waals surface area contributed by atoms with Crippen molar-refractivity contribution in [3.05, 3.63) is 17.8 Å². The van der Waals surface area contributed by atoms with Gasteiger partial charge in [-0.2, -0.15) is 5.26 Å². The van der Waals surface area contributed by atoms with E-state index in [0.29, 0.717) is 5.69 Å². The minimum Gasteiger partial charge on any atom is -0.438 e. The quantitative estimate of drug-likeness (QED) is 0.701. The molecule has 1 amide bonds. The Kier molecular flexibility index (Phi) is 3.45. The number of oxazole rings is 1. The van der Waals surface area contributed by atoms with Gasteiger partial charge in [-0.05, 0) is 20.8 Å². The van der Waals surface area contributed by atoms with Crippen LogP contribution in [0.25, 0.3) is 0 Å². The van der Waals surface area contributed by atoms with Crippen LogP contribution in [0, 0.1) is 18.3 Å². The third-order valence-corrected chi connectivity index (χ3v) is 2.07. The summed E-state index contributed by atoms with van der Waals surface area (Å²) in [4.78, 5) is 17.2. The van der Waals surface area contributed by atoms with Crippen LogP contribution in [-0.2, 0) is 0 Å². The van der Waals surface area contributed by atoms with Gasteiger partial charge in [0.05, 0.1) is 11.8 Å². The minimum absolute atomic E-state index is 0.0401. The predicted molar refractivity (Wildman–Crippen MR) is 53.0 cm³/mol. The first-order valence-electron chi connectivity index (χ1n) is 4.66. The molecule has 1 heterocycles. The standard InChI is InChI=1S/C10H13N3O2/c1-7(2)13(5-4-11)10(14)9-8(3)12-6-15-9/h6-7H,5H2,1-3H3. The van der Waals surface area contributed by atoms with Crippen molar-refractivity contribution < 1.29 is 9.21 Å². The van der Waals surface area contributed by atoms with E-state index in [0.717, 1.165) is 0 Å². The highest BCUT2D eigenvalue weighted by Gasteiger charge is 2.23. The third kappa shape index (κ3) is 2.34. The molecule has 15 heavy (non-hydrogen) atoms. The van der Waals surface area contributed by atoms with Crippen LogP contribution in [0.5, 0.6) is 0 Å². The van der Waals surface area contributed by atoms with Gasteiger partial charge in [-0.3, -0.25) is 4.79 Å². The zero-order valence-electron chi connectivity index (χ0n) is 9.02. The maximum atomic E-state index is 11.9. The molecule has 0 aromatic carbocycles. The molecule has 5 nitrogen and oxygen atoms in total. The first-order chi connectivity index (χ1) is 7.07. The largest absolute Gasteiger partial charge is 0.438 e. The van der Waals surface area contributed by atoms with E-state index in [4.69, 9.17) is 9.68 Å². The zero-order chi connectivity index (χ0) is 11.4. The van der Waals surface area contributed by atoms with Gasteiger partial charge in [0.1, 0.15) is 6.54 Å². The molecule has 1 aromatic rings. The van der Waals surface area contributed by atoms with Crippen molar-refractivity contribution in [1.82, 2.24) is 9.88 Å². The van der Waals surface area contributed by atoms with Gasteiger partial charge in [-0.1, -0.05) is 0 Å². The Labute approximate surface area is 88.3 Å². The molecular weight excluding hydrogens is 194 g/mol. The van der Waals surface area contributed by atoms with Gasteiger partial charge in [0.2, 0.25) is 5.76 Å². The second kappa shape index (κ2) is 4.60. The molecule has 1 rings (SSSR count). The molecule has 0 atom stereocenters. The van der Waals surface area contributed by atoms with E-state index in [1.807, 2.05) is 19.9 Å². The number of hydrogen-bond acceptors (Lipinski definition) is 4. The van der Waals surface area contributed by atoms with Gasteiger partial charge in [-0.25, -0.2) is 4.98 Å². The fourth-order valence-corrected chi connectivity index (χ4v) is 1.20. The normalized spacial score (nSPS) is 10.1. The van der Waals surface area contributed by atoms with Gasteiger partial charge < -0.3 is 9.32 Å². The van der Waals surface area contributed by atoms with Crippen LogP contribution >= 0.6 is 0 Å². The number of carbonyl (C=O) groups is 1. The Balaban J connectivity index is 2.92. The highest BCUT2D eigenvalue weighted by atomic mass is 16.3. The topological polar surface area (TPSA) is 70.1 Å². The molecule has 0 aliphatic heterocycles. The SMILES string of the molecule is Cc1ncoc1C(=O)N(CC#N)C(C)C. The lowest BCUT2D eigenvalue weighted by Crippen LogP contribution is -2.37. The van der Waals surface area contributed by atoms with Crippen LogP contribution in [0.15, 0.2) is 10.8 Å². The number of aromatic nitrogens is 1. The molecule has 0 aliphatic rings. The van der Waals surface area contributed by atoms with Gasteiger partial charge in [-0.15, -0.1) is 0 Å². The molecule has 0 bridgehead atoms. The summed E-state index contributed by atoms with van der Waals surface area (Å²) >= 11 is 0. The van der Waals surface area contributed by atoms with Crippen molar-refractivity contribution in [2.45, 2.75) is 26.8 Å². The fourth-order valence-electron chi connectivity index (χ4n) is 1.20. The second-order valence-electron chi connectivity index (χ2n) is 3.45.